The van der Waals surface area contributed by atoms with Crippen LogP contribution in [0.4, 0.5) is 11.4 Å². The van der Waals surface area contributed by atoms with Crippen LogP contribution < -0.4 is 9.47 Å². The fraction of sp³-hybridized carbons (Fsp3) is 0.227. The Morgan fingerprint density at radius 2 is 1.70 bits per heavy atom. The zero-order chi connectivity index (χ0) is 23.9. The first-order valence-electron chi connectivity index (χ1n) is 9.81. The maximum absolute atomic E-state index is 12.8. The zero-order valence-corrected chi connectivity index (χ0v) is 18.0. The van der Waals surface area contributed by atoms with Crippen molar-refractivity contribution in [2.75, 3.05) is 21.3 Å². The molecule has 11 heteroatoms. The van der Waals surface area contributed by atoms with Crippen LogP contribution in [0.25, 0.3) is 22.4 Å². The number of rotatable bonds is 6. The molecule has 170 valence electrons. The first kappa shape index (κ1) is 21.8. The second-order valence-corrected chi connectivity index (χ2v) is 7.24. The number of carbonyl (C=O) groups is 1. The van der Waals surface area contributed by atoms with Gasteiger partial charge in [0.05, 0.1) is 36.7 Å². The molecule has 0 saturated carbocycles. The van der Waals surface area contributed by atoms with Crippen LogP contribution in [0.15, 0.2) is 36.4 Å². The van der Waals surface area contributed by atoms with Gasteiger partial charge in [-0.3, -0.25) is 20.2 Å². The van der Waals surface area contributed by atoms with Gasteiger partial charge in [0.15, 0.2) is 11.5 Å². The number of hydrogen-bond donors (Lipinski definition) is 0. The van der Waals surface area contributed by atoms with Gasteiger partial charge in [0.1, 0.15) is 11.4 Å². The number of aryl methyl sites for hydroxylation is 1. The third-order valence-electron chi connectivity index (χ3n) is 5.61. The van der Waals surface area contributed by atoms with Crippen molar-refractivity contribution >= 4 is 17.3 Å². The zero-order valence-electron chi connectivity index (χ0n) is 18.0. The van der Waals surface area contributed by atoms with Gasteiger partial charge >= 0.3 is 11.7 Å². The number of hydrogen-bond acceptors (Lipinski definition) is 8. The number of non-ortho nitro benzene ring substituents is 1. The van der Waals surface area contributed by atoms with Gasteiger partial charge in [0.2, 0.25) is 0 Å². The first-order valence-corrected chi connectivity index (χ1v) is 9.81. The molecule has 4 rings (SSSR count). The van der Waals surface area contributed by atoms with E-state index >= 15 is 0 Å². The normalized spacial score (nSPS) is 11.8. The molecule has 33 heavy (non-hydrogen) atoms. The molecule has 0 aliphatic carbocycles. The average molecular weight is 453 g/mol. The lowest BCUT2D eigenvalue weighted by atomic mass is 9.96. The van der Waals surface area contributed by atoms with Crippen molar-refractivity contribution in [3.8, 4) is 33.9 Å². The number of benzene rings is 2. The summed E-state index contributed by atoms with van der Waals surface area (Å²) in [4.78, 5) is 35.3. The van der Waals surface area contributed by atoms with Gasteiger partial charge in [0.25, 0.3) is 5.69 Å². The molecule has 3 aromatic rings. The van der Waals surface area contributed by atoms with Crippen molar-refractivity contribution in [2.24, 2.45) is 0 Å². The molecule has 0 bridgehead atoms. The summed E-state index contributed by atoms with van der Waals surface area (Å²) in [7, 11) is 4.12. The second kappa shape index (κ2) is 8.26. The number of carbonyl (C=O) groups excluding carboxylic acids is 1. The van der Waals surface area contributed by atoms with Crippen LogP contribution >= 0.6 is 0 Å². The Morgan fingerprint density at radius 3 is 2.30 bits per heavy atom. The van der Waals surface area contributed by atoms with Gasteiger partial charge in [-0.2, -0.15) is 0 Å². The fourth-order valence-electron chi connectivity index (χ4n) is 4.22. The van der Waals surface area contributed by atoms with Crippen molar-refractivity contribution in [3.63, 3.8) is 0 Å². The predicted molar refractivity (Wildman–Crippen MR) is 117 cm³/mol. The van der Waals surface area contributed by atoms with E-state index in [4.69, 9.17) is 14.2 Å². The van der Waals surface area contributed by atoms with E-state index < -0.39 is 15.8 Å². The van der Waals surface area contributed by atoms with Crippen molar-refractivity contribution in [3.05, 3.63) is 67.9 Å². The molecule has 0 atom stereocenters. The summed E-state index contributed by atoms with van der Waals surface area (Å²) in [5, 5.41) is 23.7. The van der Waals surface area contributed by atoms with E-state index in [1.54, 1.807) is 12.1 Å². The van der Waals surface area contributed by atoms with Gasteiger partial charge in [-0.15, -0.1) is 0 Å². The molecule has 1 aliphatic heterocycles. The van der Waals surface area contributed by atoms with Gasteiger partial charge in [-0.05, 0) is 29.7 Å². The largest absolute Gasteiger partial charge is 0.493 e. The predicted octanol–water partition coefficient (Wildman–Crippen LogP) is 4.00. The number of aromatic nitrogens is 1. The lowest BCUT2D eigenvalue weighted by Gasteiger charge is -2.22. The second-order valence-electron chi connectivity index (χ2n) is 7.24. The molecular formula is C22H19N3O8. The van der Waals surface area contributed by atoms with E-state index in [0.29, 0.717) is 23.5 Å². The lowest BCUT2D eigenvalue weighted by molar-refractivity contribution is -0.384. The van der Waals surface area contributed by atoms with E-state index in [9.17, 15) is 25.0 Å². The van der Waals surface area contributed by atoms with Crippen LogP contribution in [0.5, 0.6) is 11.5 Å². The molecule has 0 N–H and O–H groups in total. The quantitative estimate of drug-likeness (QED) is 0.310. The molecule has 0 radical (unpaired) electrons. The molecule has 0 spiro atoms. The van der Waals surface area contributed by atoms with Crippen LogP contribution in [0, 0.1) is 20.2 Å². The van der Waals surface area contributed by atoms with Gasteiger partial charge in [-0.1, -0.05) is 12.1 Å². The maximum Gasteiger partial charge on any atom is 0.355 e. The highest BCUT2D eigenvalue weighted by molar-refractivity contribution is 6.03. The van der Waals surface area contributed by atoms with E-state index in [2.05, 4.69) is 0 Å². The smallest absolute Gasteiger partial charge is 0.355 e. The molecule has 11 nitrogen and oxygen atoms in total. The summed E-state index contributed by atoms with van der Waals surface area (Å²) in [6, 6.07) is 8.76. The number of nitro groups is 2. The Labute approximate surface area is 187 Å². The summed E-state index contributed by atoms with van der Waals surface area (Å²) >= 11 is 0. The molecular weight excluding hydrogens is 434 g/mol. The number of esters is 1. The monoisotopic (exact) mass is 453 g/mol. The molecule has 0 fully saturated rings. The third-order valence-corrected chi connectivity index (χ3v) is 5.61. The standard InChI is InChI=1S/C22H19N3O8/c1-31-16-10-12-7-8-23-19(15(12)11-17(16)32-2)20(25(29)30)18(21(23)22(26)33-3)13-5-4-6-14(9-13)24(27)28/h4-6,9-11H,7-8H2,1-3H3. The van der Waals surface area contributed by atoms with E-state index in [1.807, 2.05) is 0 Å². The average Bonchev–Trinajstić information content (AvgIpc) is 3.18. The number of methoxy groups -OCH3 is 3. The molecule has 1 aliphatic rings. The number of nitrogens with zero attached hydrogens (tertiary/aromatic N) is 3. The molecule has 0 saturated heterocycles. The molecule has 2 aromatic carbocycles. The van der Waals surface area contributed by atoms with Gasteiger partial charge in [-0.25, -0.2) is 4.79 Å². The highest BCUT2D eigenvalue weighted by atomic mass is 16.6. The van der Waals surface area contributed by atoms with Crippen molar-refractivity contribution < 1.29 is 28.9 Å². The SMILES string of the molecule is COC(=O)c1c(-c2cccc([N+](=O)[O-])c2)c([N+](=O)[O-])c2n1CCc1cc(OC)c(OC)cc1-2. The van der Waals surface area contributed by atoms with Gasteiger partial charge in [0, 0.05) is 24.2 Å². The number of ether oxygens (including phenoxy) is 3. The highest BCUT2D eigenvalue weighted by Crippen LogP contribution is 2.49. The number of nitro benzene ring substituents is 1. The Morgan fingerprint density at radius 1 is 1.00 bits per heavy atom. The van der Waals surface area contributed by atoms with E-state index in [1.165, 1.54) is 50.2 Å². The van der Waals surface area contributed by atoms with Crippen LogP contribution in [-0.4, -0.2) is 41.7 Å². The third kappa shape index (κ3) is 3.43. The number of fused-ring (bicyclic) bond motifs is 3. The van der Waals surface area contributed by atoms with Crippen LogP contribution in [0.1, 0.15) is 16.1 Å². The van der Waals surface area contributed by atoms with E-state index in [-0.39, 0.29) is 40.4 Å². The first-order chi connectivity index (χ1) is 15.8. The minimum atomic E-state index is -0.783. The summed E-state index contributed by atoms with van der Waals surface area (Å²) in [5.74, 6) is 0.0671. The van der Waals surface area contributed by atoms with Crippen molar-refractivity contribution in [1.82, 2.24) is 4.57 Å². The highest BCUT2D eigenvalue weighted by Gasteiger charge is 2.39. The minimum Gasteiger partial charge on any atom is -0.493 e. The van der Waals surface area contributed by atoms with E-state index in [0.717, 1.165) is 5.56 Å². The lowest BCUT2D eigenvalue weighted by Crippen LogP contribution is -2.17. The van der Waals surface area contributed by atoms with Crippen molar-refractivity contribution in [1.29, 1.82) is 0 Å². The maximum atomic E-state index is 12.8. The van der Waals surface area contributed by atoms with Crippen LogP contribution in [0.3, 0.4) is 0 Å². The van der Waals surface area contributed by atoms with Crippen LogP contribution in [-0.2, 0) is 17.7 Å². The Balaban J connectivity index is 2.12. The Kier molecular flexibility index (Phi) is 5.46. The summed E-state index contributed by atoms with van der Waals surface area (Å²) < 4.78 is 17.2. The Bertz CT molecular complexity index is 1310. The summed E-state index contributed by atoms with van der Waals surface area (Å²) in [6.45, 7) is 0.262. The summed E-state index contributed by atoms with van der Waals surface area (Å²) in [5.41, 5.74) is 0.977. The minimum absolute atomic E-state index is 0.0341. The van der Waals surface area contributed by atoms with Crippen LogP contribution in [0.2, 0.25) is 0 Å². The molecule has 0 unspecified atom stereocenters. The molecule has 0 amide bonds. The fourth-order valence-corrected chi connectivity index (χ4v) is 4.22. The molecule has 2 heterocycles. The summed E-state index contributed by atoms with van der Waals surface area (Å²) in [6.07, 6.45) is 0.465. The Hall–Kier alpha value is -4.41. The molecule has 1 aromatic heterocycles. The van der Waals surface area contributed by atoms with Gasteiger partial charge < -0.3 is 18.8 Å². The van der Waals surface area contributed by atoms with Crippen molar-refractivity contribution in [2.45, 2.75) is 13.0 Å². The topological polar surface area (TPSA) is 136 Å².